The van der Waals surface area contributed by atoms with Crippen molar-refractivity contribution in [3.63, 3.8) is 0 Å². The van der Waals surface area contributed by atoms with E-state index in [0.29, 0.717) is 11.3 Å². The Hall–Kier alpha value is -3.46. The van der Waals surface area contributed by atoms with Crippen molar-refractivity contribution in [1.29, 1.82) is 0 Å². The first kappa shape index (κ1) is 24.2. The van der Waals surface area contributed by atoms with Crippen molar-refractivity contribution in [2.45, 2.75) is 38.8 Å². The number of thiophene rings is 1. The van der Waals surface area contributed by atoms with Crippen LogP contribution in [0.5, 0.6) is 0 Å². The number of rotatable bonds is 9. The maximum absolute atomic E-state index is 13.6. The highest BCUT2D eigenvalue weighted by Gasteiger charge is 2.36. The van der Waals surface area contributed by atoms with E-state index in [1.807, 2.05) is 20.8 Å². The zero-order chi connectivity index (χ0) is 24.0. The molecule has 2 N–H and O–H groups in total. The second-order valence-corrected chi connectivity index (χ2v) is 8.99. The van der Waals surface area contributed by atoms with Gasteiger partial charge in [0, 0.05) is 11.2 Å². The second kappa shape index (κ2) is 10.4. The Balaban J connectivity index is 1.96. The molecule has 2 heterocycles. The normalized spacial score (nSPS) is 12.1. The molecule has 0 fully saturated rings. The molecule has 9 heteroatoms. The third-order valence-corrected chi connectivity index (χ3v) is 6.05. The molecule has 2 aromatic heterocycles. The molecule has 3 rings (SSSR count). The number of amides is 3. The zero-order valence-corrected chi connectivity index (χ0v) is 19.4. The van der Waals surface area contributed by atoms with Gasteiger partial charge in [0.15, 0.2) is 6.04 Å². The lowest BCUT2D eigenvalue weighted by molar-refractivity contribution is -0.128. The van der Waals surface area contributed by atoms with E-state index in [1.54, 1.807) is 29.6 Å². The summed E-state index contributed by atoms with van der Waals surface area (Å²) in [5.41, 5.74) is -0.245. The van der Waals surface area contributed by atoms with E-state index in [9.17, 15) is 18.8 Å². The maximum Gasteiger partial charge on any atom is 0.261 e. The number of nitrogens with zero attached hydrogens (tertiary/aromatic N) is 1. The minimum absolute atomic E-state index is 0.238. The predicted octanol–water partition coefficient (Wildman–Crippen LogP) is 4.29. The van der Waals surface area contributed by atoms with Crippen LogP contribution in [0.25, 0.3) is 0 Å². The number of anilines is 1. The molecule has 0 radical (unpaired) electrons. The fourth-order valence-corrected chi connectivity index (χ4v) is 3.73. The molecule has 33 heavy (non-hydrogen) atoms. The van der Waals surface area contributed by atoms with Crippen molar-refractivity contribution < 1.29 is 23.2 Å². The lowest BCUT2D eigenvalue weighted by atomic mass is 10.0. The predicted molar refractivity (Wildman–Crippen MR) is 124 cm³/mol. The minimum Gasteiger partial charge on any atom is -0.467 e. The number of hydrogen-bond acceptors (Lipinski definition) is 5. The molecule has 0 saturated heterocycles. The molecule has 0 aliphatic rings. The Labute approximate surface area is 195 Å². The van der Waals surface area contributed by atoms with Crippen LogP contribution in [0.2, 0.25) is 0 Å². The van der Waals surface area contributed by atoms with Crippen LogP contribution in [0, 0.1) is 5.82 Å². The van der Waals surface area contributed by atoms with Gasteiger partial charge < -0.3 is 15.1 Å². The molecule has 0 spiro atoms. The van der Waals surface area contributed by atoms with E-state index in [1.165, 1.54) is 46.8 Å². The van der Waals surface area contributed by atoms with Gasteiger partial charge in [-0.05, 0) is 68.1 Å². The zero-order valence-electron chi connectivity index (χ0n) is 18.6. The van der Waals surface area contributed by atoms with Gasteiger partial charge in [0.1, 0.15) is 11.6 Å². The molecule has 0 saturated carbocycles. The van der Waals surface area contributed by atoms with E-state index in [4.69, 9.17) is 4.42 Å². The Kier molecular flexibility index (Phi) is 7.65. The van der Waals surface area contributed by atoms with Crippen molar-refractivity contribution >= 4 is 34.7 Å². The van der Waals surface area contributed by atoms with Crippen LogP contribution in [0.3, 0.4) is 0 Å². The van der Waals surface area contributed by atoms with Gasteiger partial charge in [-0.1, -0.05) is 13.0 Å². The highest BCUT2D eigenvalue weighted by molar-refractivity contribution is 7.12. The third-order valence-electron chi connectivity index (χ3n) is 5.18. The molecular formula is C24H26FN3O4S. The first-order valence-corrected chi connectivity index (χ1v) is 11.3. The first-order valence-electron chi connectivity index (χ1n) is 10.5. The molecule has 0 aliphatic carbocycles. The Bertz CT molecular complexity index is 1080. The molecule has 0 bridgehead atoms. The topological polar surface area (TPSA) is 91.7 Å². The maximum atomic E-state index is 13.6. The van der Waals surface area contributed by atoms with Crippen LogP contribution in [-0.4, -0.2) is 29.8 Å². The van der Waals surface area contributed by atoms with Crippen molar-refractivity contribution in [2.24, 2.45) is 0 Å². The van der Waals surface area contributed by atoms with E-state index in [-0.39, 0.29) is 18.0 Å². The van der Waals surface area contributed by atoms with Gasteiger partial charge in [0.2, 0.25) is 5.91 Å². The summed E-state index contributed by atoms with van der Waals surface area (Å²) < 4.78 is 19.1. The van der Waals surface area contributed by atoms with Crippen molar-refractivity contribution in [3.05, 3.63) is 76.6 Å². The standard InChI is InChI=1S/C24H26FN3O4S/c1-4-24(2,3)27-23(31)21(18-7-5-13-32-18)28(17-11-9-16(25)10-12-17)20(29)15-26-22(30)19-8-6-14-33-19/h5-14,21H,4,15H2,1-3H3,(H,26,30)(H,27,31). The van der Waals surface area contributed by atoms with Crippen LogP contribution in [-0.2, 0) is 9.59 Å². The van der Waals surface area contributed by atoms with Crippen LogP contribution in [0.15, 0.2) is 64.6 Å². The van der Waals surface area contributed by atoms with Gasteiger partial charge in [-0.15, -0.1) is 11.3 Å². The third kappa shape index (κ3) is 6.07. The lowest BCUT2D eigenvalue weighted by Crippen LogP contribution is -2.52. The first-order chi connectivity index (χ1) is 15.7. The number of halogens is 1. The summed E-state index contributed by atoms with van der Waals surface area (Å²) in [6, 6.07) is 10.6. The van der Waals surface area contributed by atoms with Gasteiger partial charge in [0.05, 0.1) is 17.7 Å². The minimum atomic E-state index is -1.16. The summed E-state index contributed by atoms with van der Waals surface area (Å²) in [4.78, 5) is 40.8. The quantitative estimate of drug-likeness (QED) is 0.487. The Morgan fingerprint density at radius 2 is 1.85 bits per heavy atom. The Morgan fingerprint density at radius 1 is 1.12 bits per heavy atom. The smallest absolute Gasteiger partial charge is 0.261 e. The summed E-state index contributed by atoms with van der Waals surface area (Å²) in [6.07, 6.45) is 2.07. The summed E-state index contributed by atoms with van der Waals surface area (Å²) >= 11 is 1.25. The van der Waals surface area contributed by atoms with E-state index < -0.39 is 35.1 Å². The van der Waals surface area contributed by atoms with Crippen LogP contribution >= 0.6 is 11.3 Å². The highest BCUT2D eigenvalue weighted by atomic mass is 32.1. The molecule has 7 nitrogen and oxygen atoms in total. The van der Waals surface area contributed by atoms with Gasteiger partial charge in [-0.2, -0.15) is 0 Å². The fourth-order valence-electron chi connectivity index (χ4n) is 3.09. The number of carbonyl (C=O) groups is 3. The molecule has 174 valence electrons. The summed E-state index contributed by atoms with van der Waals surface area (Å²) in [6.45, 7) is 5.31. The molecule has 1 unspecified atom stereocenters. The molecule has 3 amide bonds. The fraction of sp³-hybridized carbons (Fsp3) is 0.292. The van der Waals surface area contributed by atoms with Gasteiger partial charge in [-0.25, -0.2) is 4.39 Å². The van der Waals surface area contributed by atoms with Gasteiger partial charge in [-0.3, -0.25) is 19.3 Å². The number of furan rings is 1. The van der Waals surface area contributed by atoms with Crippen LogP contribution < -0.4 is 15.5 Å². The van der Waals surface area contributed by atoms with E-state index in [0.717, 1.165) is 0 Å². The lowest BCUT2D eigenvalue weighted by Gasteiger charge is -2.33. The number of nitrogens with one attached hydrogen (secondary N) is 2. The van der Waals surface area contributed by atoms with Crippen molar-refractivity contribution in [2.75, 3.05) is 11.4 Å². The Morgan fingerprint density at radius 3 is 2.42 bits per heavy atom. The average Bonchev–Trinajstić information content (AvgIpc) is 3.50. The largest absolute Gasteiger partial charge is 0.467 e. The second-order valence-electron chi connectivity index (χ2n) is 8.04. The SMILES string of the molecule is CCC(C)(C)NC(=O)C(c1ccco1)N(C(=O)CNC(=O)c1cccs1)c1ccc(F)cc1. The van der Waals surface area contributed by atoms with Gasteiger partial charge in [0.25, 0.3) is 11.8 Å². The molecule has 1 aromatic carbocycles. The number of benzene rings is 1. The van der Waals surface area contributed by atoms with Crippen molar-refractivity contribution in [1.82, 2.24) is 10.6 Å². The number of carbonyl (C=O) groups excluding carboxylic acids is 3. The van der Waals surface area contributed by atoms with E-state index >= 15 is 0 Å². The molecule has 3 aromatic rings. The summed E-state index contributed by atoms with van der Waals surface area (Å²) in [7, 11) is 0. The van der Waals surface area contributed by atoms with Crippen LogP contribution in [0.4, 0.5) is 10.1 Å². The van der Waals surface area contributed by atoms with Crippen LogP contribution in [0.1, 0.15) is 48.7 Å². The monoisotopic (exact) mass is 471 g/mol. The molecular weight excluding hydrogens is 445 g/mol. The van der Waals surface area contributed by atoms with E-state index in [2.05, 4.69) is 10.6 Å². The number of hydrogen-bond donors (Lipinski definition) is 2. The summed E-state index contributed by atoms with van der Waals surface area (Å²) in [5, 5.41) is 7.29. The molecule has 0 aliphatic heterocycles. The highest BCUT2D eigenvalue weighted by Crippen LogP contribution is 2.29. The summed E-state index contributed by atoms with van der Waals surface area (Å²) in [5.74, 6) is -1.66. The molecule has 1 atom stereocenters. The average molecular weight is 472 g/mol. The van der Waals surface area contributed by atoms with Gasteiger partial charge >= 0.3 is 0 Å². The van der Waals surface area contributed by atoms with Crippen molar-refractivity contribution in [3.8, 4) is 0 Å².